The van der Waals surface area contributed by atoms with Gasteiger partial charge in [-0.3, -0.25) is 9.69 Å². The Balaban J connectivity index is 1.10. The van der Waals surface area contributed by atoms with Crippen molar-refractivity contribution in [1.29, 1.82) is 0 Å². The van der Waals surface area contributed by atoms with E-state index in [1.807, 2.05) is 4.90 Å². The highest BCUT2D eigenvalue weighted by Crippen LogP contribution is 2.37. The number of nitrogens with one attached hydrogen (secondary N) is 1. The molecule has 1 saturated heterocycles. The molecule has 35 heavy (non-hydrogen) atoms. The molecule has 2 fully saturated rings. The molecule has 1 saturated carbocycles. The number of hydrogen-bond donors (Lipinski definition) is 2. The zero-order valence-corrected chi connectivity index (χ0v) is 20.3. The van der Waals surface area contributed by atoms with Crippen molar-refractivity contribution in [2.24, 2.45) is 5.92 Å². The summed E-state index contributed by atoms with van der Waals surface area (Å²) in [7, 11) is 0. The molecule has 6 nitrogen and oxygen atoms in total. The van der Waals surface area contributed by atoms with Crippen LogP contribution < -0.4 is 10.1 Å². The Labute approximate surface area is 206 Å². The quantitative estimate of drug-likeness (QED) is 0.420. The summed E-state index contributed by atoms with van der Waals surface area (Å²) >= 11 is 0. The summed E-state index contributed by atoms with van der Waals surface area (Å²) in [4.78, 5) is 19.0. The van der Waals surface area contributed by atoms with Crippen molar-refractivity contribution in [3.63, 3.8) is 0 Å². The van der Waals surface area contributed by atoms with Crippen LogP contribution in [-0.2, 0) is 17.6 Å². The van der Waals surface area contributed by atoms with E-state index in [9.17, 15) is 14.3 Å². The van der Waals surface area contributed by atoms with Gasteiger partial charge in [0.1, 0.15) is 23.4 Å². The third kappa shape index (κ3) is 6.13. The van der Waals surface area contributed by atoms with Gasteiger partial charge in [-0.1, -0.05) is 18.9 Å². The number of carboxylic acids is 1. The van der Waals surface area contributed by atoms with Crippen LogP contribution in [0, 0.1) is 11.7 Å². The standard InChI is InChI=1S/C28H36FN3O3/c29-21-9-13-25(35-23-11-12-23)24(17-21)26(28(33)34)32-16-14-19(18-32)5-2-1-3-7-22-10-8-20-6-4-15-30-27(20)31-22/h8-10,13,17,19,23,26H,1-7,11-12,14-16,18H2,(H,30,31)(H,33,34)/t19-,26?/m1/s1. The minimum absolute atomic E-state index is 0.132. The number of fused-ring (bicyclic) bond motifs is 1. The van der Waals surface area contributed by atoms with Gasteiger partial charge in [0.2, 0.25) is 0 Å². The first-order valence-electron chi connectivity index (χ1n) is 13.2. The minimum Gasteiger partial charge on any atom is -0.490 e. The van der Waals surface area contributed by atoms with Gasteiger partial charge in [-0.05, 0) is 93.7 Å². The Bertz CT molecular complexity index is 1040. The number of nitrogens with zero attached hydrogens (tertiary/aromatic N) is 2. The molecule has 7 heteroatoms. The molecule has 2 aromatic rings. The number of aromatic nitrogens is 1. The zero-order valence-electron chi connectivity index (χ0n) is 20.3. The molecule has 3 heterocycles. The monoisotopic (exact) mass is 481 g/mol. The van der Waals surface area contributed by atoms with Gasteiger partial charge in [-0.2, -0.15) is 0 Å². The van der Waals surface area contributed by atoms with Gasteiger partial charge in [-0.25, -0.2) is 9.37 Å². The number of carboxylic acid groups (broad SMARTS) is 1. The molecule has 2 atom stereocenters. The lowest BCUT2D eigenvalue weighted by atomic mass is 9.99. The van der Waals surface area contributed by atoms with Crippen LogP contribution in [0.2, 0.25) is 0 Å². The van der Waals surface area contributed by atoms with Crippen LogP contribution >= 0.6 is 0 Å². The lowest BCUT2D eigenvalue weighted by Crippen LogP contribution is -2.33. The average molecular weight is 482 g/mol. The van der Waals surface area contributed by atoms with Crippen LogP contribution in [0.1, 0.15) is 74.2 Å². The van der Waals surface area contributed by atoms with E-state index in [4.69, 9.17) is 9.72 Å². The second-order valence-electron chi connectivity index (χ2n) is 10.3. The Morgan fingerprint density at radius 3 is 2.91 bits per heavy atom. The normalized spacial score (nSPS) is 20.8. The first-order valence-corrected chi connectivity index (χ1v) is 13.2. The van der Waals surface area contributed by atoms with E-state index >= 15 is 0 Å². The number of benzene rings is 1. The number of ether oxygens (including phenoxy) is 1. The van der Waals surface area contributed by atoms with Crippen molar-refractivity contribution >= 4 is 11.8 Å². The topological polar surface area (TPSA) is 74.7 Å². The number of likely N-dealkylation sites (tertiary alicyclic amines) is 1. The molecule has 2 N–H and O–H groups in total. The maximum Gasteiger partial charge on any atom is 0.325 e. The van der Waals surface area contributed by atoms with Crippen molar-refractivity contribution in [2.45, 2.75) is 76.4 Å². The van der Waals surface area contributed by atoms with Crippen molar-refractivity contribution < 1.29 is 19.0 Å². The first-order chi connectivity index (χ1) is 17.1. The molecular formula is C28H36FN3O3. The SMILES string of the molecule is O=C(O)C(c1cc(F)ccc1OC1CC1)N1CC[C@@H](CCCCCc2ccc3c(n2)NCCC3)C1. The third-order valence-electron chi connectivity index (χ3n) is 7.50. The highest BCUT2D eigenvalue weighted by Gasteiger charge is 2.36. The summed E-state index contributed by atoms with van der Waals surface area (Å²) in [5, 5.41) is 13.4. The van der Waals surface area contributed by atoms with Gasteiger partial charge in [-0.15, -0.1) is 0 Å². The largest absolute Gasteiger partial charge is 0.490 e. The van der Waals surface area contributed by atoms with Gasteiger partial charge in [0.25, 0.3) is 0 Å². The molecule has 0 spiro atoms. The average Bonchev–Trinajstić information content (AvgIpc) is 3.56. The van der Waals surface area contributed by atoms with Crippen LogP contribution in [0.3, 0.4) is 0 Å². The Morgan fingerprint density at radius 1 is 1.20 bits per heavy atom. The zero-order chi connectivity index (χ0) is 24.2. The molecule has 5 rings (SSSR count). The molecule has 2 aliphatic heterocycles. The van der Waals surface area contributed by atoms with Gasteiger partial charge >= 0.3 is 5.97 Å². The van der Waals surface area contributed by atoms with Gasteiger partial charge in [0.15, 0.2) is 0 Å². The number of aryl methyl sites for hydroxylation is 2. The number of anilines is 1. The maximum absolute atomic E-state index is 14.1. The first kappa shape index (κ1) is 24.0. The van der Waals surface area contributed by atoms with Crippen LogP contribution in [-0.4, -0.2) is 46.7 Å². The fraction of sp³-hybridized carbons (Fsp3) is 0.571. The Morgan fingerprint density at radius 2 is 2.09 bits per heavy atom. The lowest BCUT2D eigenvalue weighted by Gasteiger charge is -2.26. The summed E-state index contributed by atoms with van der Waals surface area (Å²) in [5.41, 5.74) is 2.93. The fourth-order valence-electron chi connectivity index (χ4n) is 5.45. The molecule has 1 aromatic heterocycles. The molecule has 1 aromatic carbocycles. The predicted octanol–water partition coefficient (Wildman–Crippen LogP) is 5.37. The summed E-state index contributed by atoms with van der Waals surface area (Å²) in [5.74, 6) is 0.690. The number of unbranched alkanes of at least 4 members (excludes halogenated alkanes) is 2. The molecule has 0 amide bonds. The van der Waals surface area contributed by atoms with E-state index in [2.05, 4.69) is 17.4 Å². The summed E-state index contributed by atoms with van der Waals surface area (Å²) in [6, 6.07) is 7.79. The van der Waals surface area contributed by atoms with E-state index in [1.165, 1.54) is 24.1 Å². The molecule has 3 aliphatic rings. The number of hydrogen-bond acceptors (Lipinski definition) is 5. The van der Waals surface area contributed by atoms with Crippen LogP contribution in [0.25, 0.3) is 0 Å². The summed E-state index contributed by atoms with van der Waals surface area (Å²) in [6.07, 6.45) is 10.8. The molecule has 188 valence electrons. The number of carbonyl (C=O) groups is 1. The summed E-state index contributed by atoms with van der Waals surface area (Å²) in [6.45, 7) is 2.46. The number of pyridine rings is 1. The molecular weight excluding hydrogens is 445 g/mol. The van der Waals surface area contributed by atoms with Crippen LogP contribution in [0.5, 0.6) is 5.75 Å². The van der Waals surface area contributed by atoms with Gasteiger partial charge < -0.3 is 15.2 Å². The van der Waals surface area contributed by atoms with Gasteiger partial charge in [0.05, 0.1) is 6.10 Å². The Kier molecular flexibility index (Phi) is 7.51. The second kappa shape index (κ2) is 10.9. The summed E-state index contributed by atoms with van der Waals surface area (Å²) < 4.78 is 20.0. The number of rotatable bonds is 11. The van der Waals surface area contributed by atoms with Crippen molar-refractivity contribution in [1.82, 2.24) is 9.88 Å². The molecule has 0 radical (unpaired) electrons. The molecule has 0 bridgehead atoms. The Hall–Kier alpha value is -2.67. The maximum atomic E-state index is 14.1. The number of halogens is 1. The van der Waals surface area contributed by atoms with E-state index in [0.717, 1.165) is 82.4 Å². The fourth-order valence-corrected chi connectivity index (χ4v) is 5.45. The highest BCUT2D eigenvalue weighted by atomic mass is 19.1. The van der Waals surface area contributed by atoms with Crippen molar-refractivity contribution in [2.75, 3.05) is 25.0 Å². The van der Waals surface area contributed by atoms with E-state index < -0.39 is 17.8 Å². The predicted molar refractivity (Wildman–Crippen MR) is 133 cm³/mol. The van der Waals surface area contributed by atoms with E-state index in [-0.39, 0.29) is 6.10 Å². The smallest absolute Gasteiger partial charge is 0.325 e. The van der Waals surface area contributed by atoms with Crippen molar-refractivity contribution in [3.8, 4) is 5.75 Å². The third-order valence-corrected chi connectivity index (χ3v) is 7.50. The number of aliphatic carboxylic acids is 1. The van der Waals surface area contributed by atoms with Crippen LogP contribution in [0.4, 0.5) is 10.2 Å². The highest BCUT2D eigenvalue weighted by molar-refractivity contribution is 5.77. The minimum atomic E-state index is -0.941. The van der Waals surface area contributed by atoms with Crippen molar-refractivity contribution in [3.05, 3.63) is 53.0 Å². The second-order valence-corrected chi connectivity index (χ2v) is 10.3. The van der Waals surface area contributed by atoms with Gasteiger partial charge in [0, 0.05) is 24.3 Å². The molecule has 1 unspecified atom stereocenters. The lowest BCUT2D eigenvalue weighted by molar-refractivity contribution is -0.143. The van der Waals surface area contributed by atoms with E-state index in [0.29, 0.717) is 23.8 Å². The van der Waals surface area contributed by atoms with E-state index in [1.54, 1.807) is 6.07 Å². The molecule has 1 aliphatic carbocycles. The van der Waals surface area contributed by atoms with Crippen LogP contribution in [0.15, 0.2) is 30.3 Å².